The summed E-state index contributed by atoms with van der Waals surface area (Å²) in [5.41, 5.74) is 1.20. The minimum absolute atomic E-state index is 0.345. The van der Waals surface area contributed by atoms with E-state index in [9.17, 15) is 0 Å². The van der Waals surface area contributed by atoms with E-state index in [0.717, 1.165) is 31.0 Å². The number of hydrogen-bond acceptors (Lipinski definition) is 5. The van der Waals surface area contributed by atoms with E-state index in [-0.39, 0.29) is 0 Å². The lowest BCUT2D eigenvalue weighted by Crippen LogP contribution is -2.21. The number of benzene rings is 1. The van der Waals surface area contributed by atoms with Gasteiger partial charge in [-0.15, -0.1) is 0 Å². The highest BCUT2D eigenvalue weighted by Gasteiger charge is 2.29. The molecular formula is C16H21N3O2. The Morgan fingerprint density at radius 1 is 1.38 bits per heavy atom. The van der Waals surface area contributed by atoms with Crippen LogP contribution in [0, 0.1) is 0 Å². The molecule has 5 heteroatoms. The van der Waals surface area contributed by atoms with Crippen molar-refractivity contribution in [1.82, 2.24) is 15.5 Å². The molecule has 0 spiro atoms. The highest BCUT2D eigenvalue weighted by Crippen LogP contribution is 2.38. The van der Waals surface area contributed by atoms with Gasteiger partial charge in [0, 0.05) is 18.5 Å². The zero-order valence-corrected chi connectivity index (χ0v) is 12.5. The third-order valence-corrected chi connectivity index (χ3v) is 3.39. The van der Waals surface area contributed by atoms with Crippen molar-refractivity contribution in [3.05, 3.63) is 41.5 Å². The van der Waals surface area contributed by atoms with E-state index >= 15 is 0 Å². The van der Waals surface area contributed by atoms with Crippen molar-refractivity contribution in [2.24, 2.45) is 0 Å². The molecule has 1 aliphatic carbocycles. The molecule has 0 unspecified atom stereocenters. The van der Waals surface area contributed by atoms with Crippen molar-refractivity contribution in [2.75, 3.05) is 0 Å². The molecule has 0 atom stereocenters. The fraction of sp³-hybridized carbons (Fsp3) is 0.500. The second-order valence-corrected chi connectivity index (χ2v) is 5.79. The van der Waals surface area contributed by atoms with Gasteiger partial charge in [-0.1, -0.05) is 31.1 Å². The van der Waals surface area contributed by atoms with Crippen LogP contribution in [0.3, 0.4) is 0 Å². The number of aromatic nitrogens is 2. The van der Waals surface area contributed by atoms with Crippen LogP contribution < -0.4 is 10.1 Å². The second-order valence-electron chi connectivity index (χ2n) is 5.79. The Bertz CT molecular complexity index is 591. The van der Waals surface area contributed by atoms with Gasteiger partial charge in [0.15, 0.2) is 6.61 Å². The van der Waals surface area contributed by atoms with Crippen molar-refractivity contribution in [1.29, 1.82) is 0 Å². The van der Waals surface area contributed by atoms with E-state index in [1.165, 1.54) is 5.56 Å². The summed E-state index contributed by atoms with van der Waals surface area (Å²) in [5, 5.41) is 7.34. The van der Waals surface area contributed by atoms with Gasteiger partial charge in [0.1, 0.15) is 5.75 Å². The molecule has 1 aromatic carbocycles. The molecule has 0 amide bonds. The molecule has 21 heavy (non-hydrogen) atoms. The molecule has 0 bridgehead atoms. The van der Waals surface area contributed by atoms with Gasteiger partial charge in [0.2, 0.25) is 11.7 Å². The SMILES string of the molecule is CC(C)NCc1cccc(OCc2noc(C3CC3)n2)c1. The largest absolute Gasteiger partial charge is 0.485 e. The molecule has 1 N–H and O–H groups in total. The van der Waals surface area contributed by atoms with Crippen LogP contribution in [-0.2, 0) is 13.2 Å². The maximum atomic E-state index is 5.74. The summed E-state index contributed by atoms with van der Waals surface area (Å²) in [6.45, 7) is 5.45. The summed E-state index contributed by atoms with van der Waals surface area (Å²) in [5.74, 6) is 2.68. The second kappa shape index (κ2) is 6.26. The third kappa shape index (κ3) is 4.04. The first-order valence-corrected chi connectivity index (χ1v) is 7.48. The van der Waals surface area contributed by atoms with Crippen molar-refractivity contribution >= 4 is 0 Å². The molecule has 0 radical (unpaired) electrons. The average molecular weight is 287 g/mol. The molecule has 1 fully saturated rings. The highest BCUT2D eigenvalue weighted by atomic mass is 16.5. The minimum Gasteiger partial charge on any atom is -0.485 e. The maximum Gasteiger partial charge on any atom is 0.229 e. The Balaban J connectivity index is 1.55. The third-order valence-electron chi connectivity index (χ3n) is 3.39. The predicted molar refractivity (Wildman–Crippen MR) is 79.0 cm³/mol. The van der Waals surface area contributed by atoms with Gasteiger partial charge in [-0.05, 0) is 30.5 Å². The summed E-state index contributed by atoms with van der Waals surface area (Å²) >= 11 is 0. The number of hydrogen-bond donors (Lipinski definition) is 1. The number of rotatable bonds is 7. The van der Waals surface area contributed by atoms with Crippen molar-refractivity contribution in [3.8, 4) is 5.75 Å². The molecular weight excluding hydrogens is 266 g/mol. The van der Waals surface area contributed by atoms with Crippen LogP contribution in [0.5, 0.6) is 5.75 Å². The molecule has 3 rings (SSSR count). The summed E-state index contributed by atoms with van der Waals surface area (Å²) < 4.78 is 11.0. The fourth-order valence-electron chi connectivity index (χ4n) is 2.04. The summed E-state index contributed by atoms with van der Waals surface area (Å²) in [4.78, 5) is 4.35. The summed E-state index contributed by atoms with van der Waals surface area (Å²) in [6, 6.07) is 8.54. The summed E-state index contributed by atoms with van der Waals surface area (Å²) in [6.07, 6.45) is 2.32. The maximum absolute atomic E-state index is 5.74. The van der Waals surface area contributed by atoms with Crippen molar-refractivity contribution < 1.29 is 9.26 Å². The van der Waals surface area contributed by atoms with Crippen LogP contribution in [-0.4, -0.2) is 16.2 Å². The van der Waals surface area contributed by atoms with E-state index in [1.807, 2.05) is 18.2 Å². The molecule has 1 heterocycles. The van der Waals surface area contributed by atoms with Gasteiger partial charge in [-0.3, -0.25) is 0 Å². The lowest BCUT2D eigenvalue weighted by molar-refractivity contribution is 0.285. The van der Waals surface area contributed by atoms with Gasteiger partial charge >= 0.3 is 0 Å². The van der Waals surface area contributed by atoms with Gasteiger partial charge < -0.3 is 14.6 Å². The van der Waals surface area contributed by atoms with Crippen LogP contribution >= 0.6 is 0 Å². The molecule has 112 valence electrons. The van der Waals surface area contributed by atoms with Crippen LogP contribution in [0.2, 0.25) is 0 Å². The quantitative estimate of drug-likeness (QED) is 0.848. The van der Waals surface area contributed by atoms with Crippen LogP contribution in [0.25, 0.3) is 0 Å². The Hall–Kier alpha value is -1.88. The standard InChI is InChI=1S/C16H21N3O2/c1-11(2)17-9-12-4-3-5-14(8-12)20-10-15-18-16(21-19-15)13-6-7-13/h3-5,8,11,13,17H,6-7,9-10H2,1-2H3. The molecule has 2 aromatic rings. The average Bonchev–Trinajstić information content (AvgIpc) is 3.22. The first-order valence-electron chi connectivity index (χ1n) is 7.48. The molecule has 0 aliphatic heterocycles. The van der Waals surface area contributed by atoms with Crippen LogP contribution in [0.4, 0.5) is 0 Å². The zero-order valence-electron chi connectivity index (χ0n) is 12.5. The lowest BCUT2D eigenvalue weighted by atomic mass is 10.2. The zero-order chi connectivity index (χ0) is 14.7. The van der Waals surface area contributed by atoms with E-state index < -0.39 is 0 Å². The van der Waals surface area contributed by atoms with Gasteiger partial charge in [0.05, 0.1) is 0 Å². The molecule has 0 saturated heterocycles. The Labute approximate surface area is 124 Å². The first kappa shape index (κ1) is 14.1. The molecule has 5 nitrogen and oxygen atoms in total. The van der Waals surface area contributed by atoms with E-state index in [1.54, 1.807) is 0 Å². The van der Waals surface area contributed by atoms with E-state index in [2.05, 4.69) is 35.4 Å². The van der Waals surface area contributed by atoms with Gasteiger partial charge in [-0.2, -0.15) is 4.98 Å². The minimum atomic E-state index is 0.345. The Morgan fingerprint density at radius 3 is 3.00 bits per heavy atom. The molecule has 1 aliphatic rings. The fourth-order valence-corrected chi connectivity index (χ4v) is 2.04. The first-order chi connectivity index (χ1) is 10.2. The topological polar surface area (TPSA) is 60.2 Å². The Morgan fingerprint density at radius 2 is 2.24 bits per heavy atom. The molecule has 1 saturated carbocycles. The van der Waals surface area contributed by atoms with Gasteiger partial charge in [0.25, 0.3) is 0 Å². The summed E-state index contributed by atoms with van der Waals surface area (Å²) in [7, 11) is 0. The van der Waals surface area contributed by atoms with Gasteiger partial charge in [-0.25, -0.2) is 0 Å². The Kier molecular flexibility index (Phi) is 4.20. The lowest BCUT2D eigenvalue weighted by Gasteiger charge is -2.09. The number of nitrogens with one attached hydrogen (secondary N) is 1. The van der Waals surface area contributed by atoms with Crippen LogP contribution in [0.15, 0.2) is 28.8 Å². The predicted octanol–water partition coefficient (Wildman–Crippen LogP) is 3.02. The van der Waals surface area contributed by atoms with Crippen LogP contribution in [0.1, 0.15) is 49.9 Å². The van der Waals surface area contributed by atoms with E-state index in [0.29, 0.717) is 24.4 Å². The van der Waals surface area contributed by atoms with Crippen molar-refractivity contribution in [2.45, 2.75) is 51.8 Å². The monoisotopic (exact) mass is 287 g/mol. The number of ether oxygens (including phenoxy) is 1. The highest BCUT2D eigenvalue weighted by molar-refractivity contribution is 5.28. The number of nitrogens with zero attached hydrogens (tertiary/aromatic N) is 2. The smallest absolute Gasteiger partial charge is 0.229 e. The van der Waals surface area contributed by atoms with Crippen molar-refractivity contribution in [3.63, 3.8) is 0 Å². The molecule has 1 aromatic heterocycles. The normalized spacial score (nSPS) is 14.6. The van der Waals surface area contributed by atoms with E-state index in [4.69, 9.17) is 9.26 Å².